The smallest absolute Gasteiger partial charge is 0.0109 e. The van der Waals surface area contributed by atoms with Gasteiger partial charge in [0, 0.05) is 32.2 Å². The van der Waals surface area contributed by atoms with Gasteiger partial charge in [0.25, 0.3) is 0 Å². The molecule has 0 aliphatic carbocycles. The zero-order valence-electron chi connectivity index (χ0n) is 8.64. The van der Waals surface area contributed by atoms with Gasteiger partial charge in [0.1, 0.15) is 0 Å². The Balaban J connectivity index is 3.32. The molecule has 0 spiro atoms. The van der Waals surface area contributed by atoms with Crippen LogP contribution in [0.25, 0.3) is 0 Å². The monoisotopic (exact) mass is 173 g/mol. The molecule has 0 saturated carbocycles. The van der Waals surface area contributed by atoms with Crippen molar-refractivity contribution in [1.82, 2.24) is 10.2 Å². The second-order valence-corrected chi connectivity index (χ2v) is 3.26. The topological polar surface area (TPSA) is 41.3 Å². The van der Waals surface area contributed by atoms with Crippen molar-refractivity contribution in [3.8, 4) is 0 Å². The van der Waals surface area contributed by atoms with Gasteiger partial charge >= 0.3 is 0 Å². The van der Waals surface area contributed by atoms with Crippen LogP contribution in [-0.2, 0) is 0 Å². The second-order valence-electron chi connectivity index (χ2n) is 3.26. The minimum absolute atomic E-state index is 0.648. The van der Waals surface area contributed by atoms with Crippen molar-refractivity contribution in [2.75, 3.05) is 32.7 Å². The first-order valence-corrected chi connectivity index (χ1v) is 4.87. The van der Waals surface area contributed by atoms with Crippen LogP contribution in [0.4, 0.5) is 0 Å². The third kappa shape index (κ3) is 5.52. The largest absolute Gasteiger partial charge is 0.329 e. The van der Waals surface area contributed by atoms with Gasteiger partial charge in [-0.15, -0.1) is 0 Å². The molecule has 12 heavy (non-hydrogen) atoms. The molecule has 3 nitrogen and oxygen atoms in total. The third-order valence-electron chi connectivity index (χ3n) is 2.03. The van der Waals surface area contributed by atoms with E-state index < -0.39 is 0 Å². The molecule has 0 aliphatic heterocycles. The number of hydrogen-bond acceptors (Lipinski definition) is 3. The Morgan fingerprint density at radius 1 is 1.33 bits per heavy atom. The molecule has 0 unspecified atom stereocenters. The fourth-order valence-electron chi connectivity index (χ4n) is 1.23. The van der Waals surface area contributed by atoms with E-state index in [4.69, 9.17) is 5.73 Å². The molecule has 3 heteroatoms. The minimum atomic E-state index is 0.648. The van der Waals surface area contributed by atoms with Crippen molar-refractivity contribution in [3.63, 3.8) is 0 Å². The summed E-state index contributed by atoms with van der Waals surface area (Å²) in [5.41, 5.74) is 5.36. The number of nitrogens with one attached hydrogen (secondary N) is 1. The molecule has 0 radical (unpaired) electrons. The Morgan fingerprint density at radius 3 is 2.42 bits per heavy atom. The normalized spacial score (nSPS) is 11.5. The van der Waals surface area contributed by atoms with Crippen LogP contribution in [0.2, 0.25) is 0 Å². The highest BCUT2D eigenvalue weighted by Crippen LogP contribution is 1.94. The van der Waals surface area contributed by atoms with Crippen LogP contribution < -0.4 is 11.1 Å². The highest BCUT2D eigenvalue weighted by atomic mass is 15.2. The van der Waals surface area contributed by atoms with Crippen molar-refractivity contribution >= 4 is 0 Å². The zero-order chi connectivity index (χ0) is 9.40. The summed E-state index contributed by atoms with van der Waals surface area (Å²) in [6, 6.07) is 0.648. The number of rotatable bonds is 7. The molecule has 0 aliphatic rings. The van der Waals surface area contributed by atoms with Crippen LogP contribution >= 0.6 is 0 Å². The van der Waals surface area contributed by atoms with Gasteiger partial charge in [-0.05, 0) is 20.4 Å². The van der Waals surface area contributed by atoms with Crippen LogP contribution in [0.3, 0.4) is 0 Å². The van der Waals surface area contributed by atoms with Crippen LogP contribution in [-0.4, -0.2) is 43.7 Å². The number of likely N-dealkylation sites (N-methyl/N-ethyl adjacent to an activating group) is 1. The minimum Gasteiger partial charge on any atom is -0.329 e. The lowest BCUT2D eigenvalue weighted by molar-refractivity contribution is 0.234. The summed E-state index contributed by atoms with van der Waals surface area (Å²) >= 11 is 0. The van der Waals surface area contributed by atoms with E-state index in [1.807, 2.05) is 0 Å². The van der Waals surface area contributed by atoms with Gasteiger partial charge in [-0.1, -0.05) is 6.92 Å². The Labute approximate surface area is 76.3 Å². The molecule has 0 fully saturated rings. The van der Waals surface area contributed by atoms with E-state index >= 15 is 0 Å². The van der Waals surface area contributed by atoms with E-state index in [0.29, 0.717) is 6.04 Å². The molecular formula is C9H23N3. The summed E-state index contributed by atoms with van der Waals surface area (Å²) < 4.78 is 0. The van der Waals surface area contributed by atoms with E-state index in [9.17, 15) is 0 Å². The number of nitrogens with zero attached hydrogens (tertiary/aromatic N) is 1. The van der Waals surface area contributed by atoms with Crippen LogP contribution in [0.15, 0.2) is 0 Å². The first-order valence-electron chi connectivity index (χ1n) is 4.87. The van der Waals surface area contributed by atoms with Crippen molar-refractivity contribution < 1.29 is 0 Å². The summed E-state index contributed by atoms with van der Waals surface area (Å²) in [5.74, 6) is 0. The lowest BCUT2D eigenvalue weighted by Crippen LogP contribution is -2.37. The average Bonchev–Trinajstić information content (AvgIpc) is 2.04. The second kappa shape index (κ2) is 7.53. The molecule has 0 heterocycles. The summed E-state index contributed by atoms with van der Waals surface area (Å²) in [6.45, 7) is 11.6. The van der Waals surface area contributed by atoms with Gasteiger partial charge < -0.3 is 11.1 Å². The molecule has 0 rings (SSSR count). The summed E-state index contributed by atoms with van der Waals surface area (Å²) in [6.07, 6.45) is 0. The lowest BCUT2D eigenvalue weighted by atomic mass is 10.3. The molecule has 0 bridgehead atoms. The fraction of sp³-hybridized carbons (Fsp3) is 1.00. The molecular weight excluding hydrogens is 150 g/mol. The van der Waals surface area contributed by atoms with Crippen LogP contribution in [0, 0.1) is 0 Å². The molecule has 0 amide bonds. The van der Waals surface area contributed by atoms with E-state index in [1.54, 1.807) is 0 Å². The van der Waals surface area contributed by atoms with E-state index in [2.05, 4.69) is 31.0 Å². The van der Waals surface area contributed by atoms with Gasteiger partial charge in [-0.3, -0.25) is 4.90 Å². The van der Waals surface area contributed by atoms with Gasteiger partial charge in [-0.2, -0.15) is 0 Å². The highest BCUT2D eigenvalue weighted by Gasteiger charge is 2.04. The van der Waals surface area contributed by atoms with Gasteiger partial charge in [-0.25, -0.2) is 0 Å². The van der Waals surface area contributed by atoms with Crippen molar-refractivity contribution in [1.29, 1.82) is 0 Å². The van der Waals surface area contributed by atoms with Crippen molar-refractivity contribution in [2.45, 2.75) is 26.8 Å². The molecule has 3 N–H and O–H groups in total. The summed E-state index contributed by atoms with van der Waals surface area (Å²) in [7, 11) is 0. The van der Waals surface area contributed by atoms with Crippen LogP contribution in [0.5, 0.6) is 0 Å². The Kier molecular flexibility index (Phi) is 7.45. The standard InChI is InChI=1S/C9H23N3/c1-4-12(9(2)3)8-7-11-6-5-10/h9,11H,4-8,10H2,1-3H3. The highest BCUT2D eigenvalue weighted by molar-refractivity contribution is 4.62. The average molecular weight is 173 g/mol. The first kappa shape index (κ1) is 11.9. The fourth-order valence-corrected chi connectivity index (χ4v) is 1.23. The summed E-state index contributed by atoms with van der Waals surface area (Å²) in [5, 5.41) is 3.29. The van der Waals surface area contributed by atoms with Gasteiger partial charge in [0.2, 0.25) is 0 Å². The van der Waals surface area contributed by atoms with Crippen LogP contribution in [0.1, 0.15) is 20.8 Å². The number of hydrogen-bond donors (Lipinski definition) is 2. The predicted octanol–water partition coefficient (Wildman–Crippen LogP) is 0.265. The van der Waals surface area contributed by atoms with E-state index in [0.717, 1.165) is 32.7 Å². The molecule has 0 saturated heterocycles. The number of nitrogens with two attached hydrogens (primary N) is 1. The maximum Gasteiger partial charge on any atom is 0.0109 e. The lowest BCUT2D eigenvalue weighted by Gasteiger charge is -2.24. The SMILES string of the molecule is CCN(CCNCCN)C(C)C. The van der Waals surface area contributed by atoms with E-state index in [-0.39, 0.29) is 0 Å². The molecule has 0 aromatic heterocycles. The third-order valence-corrected chi connectivity index (χ3v) is 2.03. The maximum absolute atomic E-state index is 5.36. The van der Waals surface area contributed by atoms with Gasteiger partial charge in [0.15, 0.2) is 0 Å². The quantitative estimate of drug-likeness (QED) is 0.543. The predicted molar refractivity (Wildman–Crippen MR) is 54.3 cm³/mol. The molecule has 0 aromatic carbocycles. The van der Waals surface area contributed by atoms with Gasteiger partial charge in [0.05, 0.1) is 0 Å². The van der Waals surface area contributed by atoms with Crippen molar-refractivity contribution in [2.24, 2.45) is 5.73 Å². The Bertz CT molecular complexity index is 93.8. The summed E-state index contributed by atoms with van der Waals surface area (Å²) in [4.78, 5) is 2.43. The Hall–Kier alpha value is -0.120. The van der Waals surface area contributed by atoms with Crippen molar-refractivity contribution in [3.05, 3.63) is 0 Å². The van der Waals surface area contributed by atoms with E-state index in [1.165, 1.54) is 0 Å². The molecule has 0 atom stereocenters. The zero-order valence-corrected chi connectivity index (χ0v) is 8.64. The maximum atomic E-state index is 5.36. The first-order chi connectivity index (χ1) is 5.72. The Morgan fingerprint density at radius 2 is 2.00 bits per heavy atom. The molecule has 0 aromatic rings. The molecule has 74 valence electrons.